The lowest BCUT2D eigenvalue weighted by atomic mass is 9.96. The molecule has 0 aromatic heterocycles. The van der Waals surface area contributed by atoms with Gasteiger partial charge in [-0.1, -0.05) is 6.07 Å². The molecule has 0 bridgehead atoms. The fraction of sp³-hybridized carbons (Fsp3) is 0.381. The number of carbonyl (C=O) groups excluding carboxylic acids is 1. The molecule has 1 heterocycles. The molecule has 8 heteroatoms. The lowest BCUT2D eigenvalue weighted by Gasteiger charge is -2.41. The molecule has 0 aliphatic carbocycles. The summed E-state index contributed by atoms with van der Waals surface area (Å²) in [6.45, 7) is 0.376. The molecular formula is C21H25NO7. The fourth-order valence-corrected chi connectivity index (χ4v) is 3.53. The molecule has 0 spiro atoms. The first-order valence-corrected chi connectivity index (χ1v) is 9.16. The maximum atomic E-state index is 13.3. The third kappa shape index (κ3) is 4.08. The van der Waals surface area contributed by atoms with Gasteiger partial charge in [0.2, 0.25) is 0 Å². The zero-order chi connectivity index (χ0) is 21.0. The molecule has 1 aliphatic heterocycles. The molecule has 2 aromatic rings. The topological polar surface area (TPSA) is 97.7 Å². The smallest absolute Gasteiger partial charge is 0.254 e. The summed E-state index contributed by atoms with van der Waals surface area (Å²) < 4.78 is 21.4. The summed E-state index contributed by atoms with van der Waals surface area (Å²) >= 11 is 0. The van der Waals surface area contributed by atoms with E-state index in [0.29, 0.717) is 30.2 Å². The minimum absolute atomic E-state index is 0.118. The van der Waals surface area contributed by atoms with Gasteiger partial charge in [0.15, 0.2) is 23.0 Å². The number of benzene rings is 2. The van der Waals surface area contributed by atoms with Crippen LogP contribution in [0.25, 0.3) is 0 Å². The van der Waals surface area contributed by atoms with Crippen molar-refractivity contribution in [2.45, 2.75) is 12.1 Å². The van der Waals surface area contributed by atoms with E-state index in [0.717, 1.165) is 5.56 Å². The van der Waals surface area contributed by atoms with E-state index in [2.05, 4.69) is 0 Å². The summed E-state index contributed by atoms with van der Waals surface area (Å²) in [5.74, 6) is 0.957. The molecular weight excluding hydrogens is 378 g/mol. The summed E-state index contributed by atoms with van der Waals surface area (Å²) in [6.07, 6.45) is -0.599. The normalized spacial score (nSPS) is 19.0. The molecule has 1 amide bonds. The number of nitrogens with zero attached hydrogens (tertiary/aromatic N) is 1. The van der Waals surface area contributed by atoms with Gasteiger partial charge in [-0.3, -0.25) is 4.79 Å². The molecule has 2 N–H and O–H groups in total. The monoisotopic (exact) mass is 403 g/mol. The first-order chi connectivity index (χ1) is 14.0. The number of hydrogen-bond acceptors (Lipinski definition) is 7. The Hall–Kier alpha value is -2.97. The number of morpholine rings is 1. The zero-order valence-electron chi connectivity index (χ0n) is 16.6. The van der Waals surface area contributed by atoms with Gasteiger partial charge in [-0.25, -0.2) is 0 Å². The third-order valence-electron chi connectivity index (χ3n) is 4.97. The van der Waals surface area contributed by atoms with Crippen LogP contribution >= 0.6 is 0 Å². The highest BCUT2D eigenvalue weighted by atomic mass is 16.5. The van der Waals surface area contributed by atoms with E-state index in [1.54, 1.807) is 30.2 Å². The molecule has 2 atom stereocenters. The van der Waals surface area contributed by atoms with Crippen LogP contribution in [0, 0.1) is 0 Å². The van der Waals surface area contributed by atoms with Crippen molar-refractivity contribution in [3.05, 3.63) is 47.5 Å². The molecule has 1 aliphatic rings. The van der Waals surface area contributed by atoms with E-state index in [1.165, 1.54) is 26.4 Å². The lowest BCUT2D eigenvalue weighted by Crippen LogP contribution is -2.49. The van der Waals surface area contributed by atoms with E-state index < -0.39 is 12.1 Å². The molecule has 1 fully saturated rings. The average Bonchev–Trinajstić information content (AvgIpc) is 2.77. The fourth-order valence-electron chi connectivity index (χ4n) is 3.53. The molecule has 156 valence electrons. The van der Waals surface area contributed by atoms with Crippen molar-refractivity contribution in [1.29, 1.82) is 0 Å². The second-order valence-corrected chi connectivity index (χ2v) is 6.54. The van der Waals surface area contributed by atoms with E-state index in [4.69, 9.17) is 18.9 Å². The van der Waals surface area contributed by atoms with Gasteiger partial charge < -0.3 is 34.1 Å². The number of aliphatic hydroxyl groups is 1. The van der Waals surface area contributed by atoms with Crippen LogP contribution in [0.15, 0.2) is 36.4 Å². The number of methoxy groups -OCH3 is 3. The minimum atomic E-state index is -0.599. The van der Waals surface area contributed by atoms with Gasteiger partial charge in [-0.2, -0.15) is 0 Å². The molecule has 0 saturated carbocycles. The number of amides is 1. The van der Waals surface area contributed by atoms with Crippen LogP contribution < -0.4 is 14.2 Å². The van der Waals surface area contributed by atoms with E-state index in [9.17, 15) is 15.0 Å². The van der Waals surface area contributed by atoms with Crippen molar-refractivity contribution in [2.24, 2.45) is 0 Å². The number of hydrogen-bond donors (Lipinski definition) is 2. The number of aromatic hydroxyl groups is 1. The Morgan fingerprint density at radius 2 is 1.76 bits per heavy atom. The third-order valence-corrected chi connectivity index (χ3v) is 4.97. The highest BCUT2D eigenvalue weighted by Crippen LogP contribution is 2.37. The van der Waals surface area contributed by atoms with Gasteiger partial charge >= 0.3 is 0 Å². The lowest BCUT2D eigenvalue weighted by molar-refractivity contribution is -0.0811. The Balaban J connectivity index is 1.99. The van der Waals surface area contributed by atoms with Crippen molar-refractivity contribution >= 4 is 5.91 Å². The van der Waals surface area contributed by atoms with Gasteiger partial charge in [-0.05, 0) is 35.9 Å². The van der Waals surface area contributed by atoms with Crippen molar-refractivity contribution in [3.8, 4) is 23.0 Å². The Kier molecular flexibility index (Phi) is 6.46. The number of phenolic OH excluding ortho intramolecular Hbond substituents is 1. The van der Waals surface area contributed by atoms with Crippen molar-refractivity contribution < 1.29 is 34.0 Å². The van der Waals surface area contributed by atoms with Crippen molar-refractivity contribution in [1.82, 2.24) is 4.90 Å². The predicted molar refractivity (Wildman–Crippen MR) is 105 cm³/mol. The Labute approximate surface area is 169 Å². The maximum Gasteiger partial charge on any atom is 0.254 e. The number of carbonyl (C=O) groups is 1. The Morgan fingerprint density at radius 3 is 2.38 bits per heavy atom. The van der Waals surface area contributed by atoms with Crippen LogP contribution in [0.1, 0.15) is 22.0 Å². The average molecular weight is 403 g/mol. The predicted octanol–water partition coefficient (Wildman–Crippen LogP) is 1.99. The second-order valence-electron chi connectivity index (χ2n) is 6.54. The zero-order valence-corrected chi connectivity index (χ0v) is 16.6. The highest BCUT2D eigenvalue weighted by Gasteiger charge is 2.37. The largest absolute Gasteiger partial charge is 0.504 e. The molecule has 8 nitrogen and oxygen atoms in total. The molecule has 3 rings (SSSR count). The summed E-state index contributed by atoms with van der Waals surface area (Å²) in [7, 11) is 4.52. The van der Waals surface area contributed by atoms with Crippen LogP contribution in [0.2, 0.25) is 0 Å². The highest BCUT2D eigenvalue weighted by molar-refractivity contribution is 5.95. The summed E-state index contributed by atoms with van der Waals surface area (Å²) in [5.41, 5.74) is 1.06. The van der Waals surface area contributed by atoms with Gasteiger partial charge in [-0.15, -0.1) is 0 Å². The van der Waals surface area contributed by atoms with Crippen LogP contribution in [0.4, 0.5) is 0 Å². The molecule has 29 heavy (non-hydrogen) atoms. The van der Waals surface area contributed by atoms with Gasteiger partial charge in [0, 0.05) is 12.1 Å². The van der Waals surface area contributed by atoms with E-state index in [-0.39, 0.29) is 24.0 Å². The Morgan fingerprint density at radius 1 is 1.07 bits per heavy atom. The van der Waals surface area contributed by atoms with E-state index >= 15 is 0 Å². The second kappa shape index (κ2) is 9.02. The molecule has 0 unspecified atom stereocenters. The van der Waals surface area contributed by atoms with Crippen molar-refractivity contribution in [2.75, 3.05) is 41.1 Å². The van der Waals surface area contributed by atoms with Gasteiger partial charge in [0.25, 0.3) is 5.91 Å². The van der Waals surface area contributed by atoms with Gasteiger partial charge in [0.1, 0.15) is 6.10 Å². The molecule has 1 saturated heterocycles. The van der Waals surface area contributed by atoms with Crippen LogP contribution in [0.5, 0.6) is 23.0 Å². The standard InChI is InChI=1S/C21H25NO7/c1-26-16-6-5-14(10-15(16)24)21(25)22-8-9-29-19(12-23)20(22)13-4-7-17(27-2)18(11-13)28-3/h4-7,10-11,19-20,23-24H,8-9,12H2,1-3H3/t19-,20-/m1/s1. The number of rotatable bonds is 6. The van der Waals surface area contributed by atoms with Crippen LogP contribution in [-0.2, 0) is 4.74 Å². The maximum absolute atomic E-state index is 13.3. The molecule has 2 aromatic carbocycles. The summed E-state index contributed by atoms with van der Waals surface area (Å²) in [5, 5.41) is 19.9. The number of aliphatic hydroxyl groups excluding tert-OH is 1. The quantitative estimate of drug-likeness (QED) is 0.761. The minimum Gasteiger partial charge on any atom is -0.504 e. The molecule has 0 radical (unpaired) electrons. The number of ether oxygens (including phenoxy) is 4. The number of phenols is 1. The van der Waals surface area contributed by atoms with Crippen LogP contribution in [0.3, 0.4) is 0 Å². The van der Waals surface area contributed by atoms with Crippen LogP contribution in [-0.4, -0.2) is 68.2 Å². The first-order valence-electron chi connectivity index (χ1n) is 9.16. The first kappa shape index (κ1) is 20.8. The SMILES string of the molecule is COc1ccc(C(=O)N2CCO[C@H](CO)[C@H]2c2ccc(OC)c(OC)c2)cc1O. The Bertz CT molecular complexity index is 870. The van der Waals surface area contributed by atoms with Gasteiger partial charge in [0.05, 0.1) is 40.6 Å². The summed E-state index contributed by atoms with van der Waals surface area (Å²) in [4.78, 5) is 14.9. The van der Waals surface area contributed by atoms with Crippen molar-refractivity contribution in [3.63, 3.8) is 0 Å². The van der Waals surface area contributed by atoms with E-state index in [1.807, 2.05) is 6.07 Å². The summed E-state index contributed by atoms with van der Waals surface area (Å²) in [6, 6.07) is 9.30.